The van der Waals surface area contributed by atoms with Crippen molar-refractivity contribution in [2.45, 2.75) is 32.0 Å². The van der Waals surface area contributed by atoms with Crippen LogP contribution in [0.15, 0.2) is 48.8 Å². The van der Waals surface area contributed by atoms with Crippen LogP contribution >= 0.6 is 0 Å². The van der Waals surface area contributed by atoms with Crippen LogP contribution in [0.5, 0.6) is 11.8 Å². The van der Waals surface area contributed by atoms with E-state index < -0.39 is 6.10 Å². The van der Waals surface area contributed by atoms with Crippen LogP contribution in [0.25, 0.3) is 10.8 Å². The Bertz CT molecular complexity index is 1140. The summed E-state index contributed by atoms with van der Waals surface area (Å²) in [6, 6.07) is 13.0. The number of nitrogens with one attached hydrogen (secondary N) is 2. The van der Waals surface area contributed by atoms with E-state index in [1.807, 2.05) is 12.1 Å². The monoisotopic (exact) mass is 462 g/mol. The SMILES string of the molecule is C[C@H](O)C(=O)N1CCN(Cc2ccc3cc(Oc4ncc(C5CCNN5)cn4)ccc3c2)CC1. The van der Waals surface area contributed by atoms with E-state index in [1.54, 1.807) is 17.3 Å². The summed E-state index contributed by atoms with van der Waals surface area (Å²) in [7, 11) is 0. The Hall–Kier alpha value is -3.11. The molecule has 1 amide bonds. The number of carbonyl (C=O) groups is 1. The highest BCUT2D eigenvalue weighted by Gasteiger charge is 2.23. The van der Waals surface area contributed by atoms with Crippen molar-refractivity contribution in [2.24, 2.45) is 0 Å². The number of aliphatic hydroxyl groups excluding tert-OH is 1. The fraction of sp³-hybridized carbons (Fsp3) is 0.400. The standard InChI is InChI=1S/C25H30N6O3/c1-17(32)24(33)31-10-8-30(9-11-31)16-18-2-3-20-13-22(5-4-19(20)12-18)34-25-26-14-21(15-27-25)23-6-7-28-29-23/h2-5,12-15,17,23,28-29,32H,6-11,16H2,1H3/t17-,23?/m0/s1. The molecule has 178 valence electrons. The van der Waals surface area contributed by atoms with Crippen LogP contribution < -0.4 is 15.6 Å². The van der Waals surface area contributed by atoms with Crippen molar-refractivity contribution in [1.82, 2.24) is 30.6 Å². The number of rotatable bonds is 6. The minimum atomic E-state index is -0.932. The van der Waals surface area contributed by atoms with Crippen molar-refractivity contribution in [3.63, 3.8) is 0 Å². The van der Waals surface area contributed by atoms with Crippen molar-refractivity contribution in [2.75, 3.05) is 32.7 Å². The first-order valence-electron chi connectivity index (χ1n) is 11.8. The van der Waals surface area contributed by atoms with Crippen LogP contribution in [0.2, 0.25) is 0 Å². The highest BCUT2D eigenvalue weighted by molar-refractivity contribution is 5.84. The molecule has 0 aliphatic carbocycles. The molecule has 9 nitrogen and oxygen atoms in total. The molecule has 0 saturated carbocycles. The maximum atomic E-state index is 12.0. The molecule has 2 saturated heterocycles. The van der Waals surface area contributed by atoms with Gasteiger partial charge in [0.25, 0.3) is 5.91 Å². The molecule has 0 spiro atoms. The number of aromatic nitrogens is 2. The third-order valence-electron chi connectivity index (χ3n) is 6.42. The second-order valence-electron chi connectivity index (χ2n) is 8.93. The molecule has 2 aromatic carbocycles. The molecule has 1 aromatic heterocycles. The molecule has 2 aliphatic rings. The molecule has 5 rings (SSSR count). The zero-order chi connectivity index (χ0) is 23.5. The zero-order valence-corrected chi connectivity index (χ0v) is 19.3. The first kappa shape index (κ1) is 22.7. The van der Waals surface area contributed by atoms with Crippen molar-refractivity contribution >= 4 is 16.7 Å². The Kier molecular flexibility index (Phi) is 6.68. The van der Waals surface area contributed by atoms with Gasteiger partial charge < -0.3 is 14.7 Å². The average molecular weight is 463 g/mol. The third kappa shape index (κ3) is 5.18. The summed E-state index contributed by atoms with van der Waals surface area (Å²) in [5.74, 6) is 0.514. The molecular weight excluding hydrogens is 432 g/mol. The lowest BCUT2D eigenvalue weighted by atomic mass is 10.1. The minimum Gasteiger partial charge on any atom is -0.424 e. The molecule has 34 heavy (non-hydrogen) atoms. The van der Waals surface area contributed by atoms with Crippen LogP contribution in [0.1, 0.15) is 30.5 Å². The smallest absolute Gasteiger partial charge is 0.321 e. The number of hydrazine groups is 1. The van der Waals surface area contributed by atoms with Crippen LogP contribution in [0, 0.1) is 0 Å². The minimum absolute atomic E-state index is 0.187. The summed E-state index contributed by atoms with van der Waals surface area (Å²) in [6.45, 7) is 6.19. The van der Waals surface area contributed by atoms with Crippen LogP contribution in [-0.4, -0.2) is 69.6 Å². The van der Waals surface area contributed by atoms with E-state index in [0.29, 0.717) is 24.8 Å². The number of piperazine rings is 1. The Morgan fingerprint density at radius 1 is 1.12 bits per heavy atom. The van der Waals surface area contributed by atoms with E-state index in [1.165, 1.54) is 12.5 Å². The van der Waals surface area contributed by atoms with E-state index in [2.05, 4.69) is 50.0 Å². The highest BCUT2D eigenvalue weighted by atomic mass is 16.5. The van der Waals surface area contributed by atoms with Gasteiger partial charge in [0.2, 0.25) is 0 Å². The first-order chi connectivity index (χ1) is 16.5. The van der Waals surface area contributed by atoms with Crippen molar-refractivity contribution in [3.8, 4) is 11.8 Å². The summed E-state index contributed by atoms with van der Waals surface area (Å²) < 4.78 is 5.89. The fourth-order valence-corrected chi connectivity index (χ4v) is 4.48. The third-order valence-corrected chi connectivity index (χ3v) is 6.42. The Labute approximate surface area is 198 Å². The second-order valence-corrected chi connectivity index (χ2v) is 8.93. The lowest BCUT2D eigenvalue weighted by Gasteiger charge is -2.35. The number of benzene rings is 2. The maximum Gasteiger partial charge on any atom is 0.321 e. The first-order valence-corrected chi connectivity index (χ1v) is 11.8. The zero-order valence-electron chi connectivity index (χ0n) is 19.3. The van der Waals surface area contributed by atoms with Gasteiger partial charge in [-0.1, -0.05) is 18.2 Å². The summed E-state index contributed by atoms with van der Waals surface area (Å²) in [6.07, 6.45) is 3.69. The number of fused-ring (bicyclic) bond motifs is 1. The summed E-state index contributed by atoms with van der Waals surface area (Å²) in [5, 5.41) is 11.7. The second kappa shape index (κ2) is 10.0. The quantitative estimate of drug-likeness (QED) is 0.511. The van der Waals surface area contributed by atoms with Gasteiger partial charge >= 0.3 is 6.01 Å². The molecule has 1 unspecified atom stereocenters. The van der Waals surface area contributed by atoms with Gasteiger partial charge in [0.15, 0.2) is 0 Å². The van der Waals surface area contributed by atoms with Gasteiger partial charge in [-0.25, -0.2) is 9.97 Å². The predicted octanol–water partition coefficient (Wildman–Crippen LogP) is 1.99. The molecule has 2 fully saturated rings. The summed E-state index contributed by atoms with van der Waals surface area (Å²) in [4.78, 5) is 24.7. The summed E-state index contributed by atoms with van der Waals surface area (Å²) >= 11 is 0. The van der Waals surface area contributed by atoms with Crippen molar-refractivity contribution < 1.29 is 14.6 Å². The number of carbonyl (C=O) groups excluding carboxylic acids is 1. The average Bonchev–Trinajstić information content (AvgIpc) is 3.40. The van der Waals surface area contributed by atoms with E-state index in [-0.39, 0.29) is 11.9 Å². The summed E-state index contributed by atoms with van der Waals surface area (Å²) in [5.41, 5.74) is 8.59. The largest absolute Gasteiger partial charge is 0.424 e. The molecule has 2 atom stereocenters. The number of aliphatic hydroxyl groups is 1. The van der Waals surface area contributed by atoms with Crippen LogP contribution in [-0.2, 0) is 11.3 Å². The van der Waals surface area contributed by atoms with E-state index >= 15 is 0 Å². The van der Waals surface area contributed by atoms with Gasteiger partial charge in [0.05, 0.1) is 6.04 Å². The normalized spacial score (nSPS) is 19.9. The van der Waals surface area contributed by atoms with E-state index in [0.717, 1.165) is 48.9 Å². The van der Waals surface area contributed by atoms with Gasteiger partial charge in [0, 0.05) is 57.2 Å². The molecule has 0 bridgehead atoms. The van der Waals surface area contributed by atoms with Gasteiger partial charge in [-0.15, -0.1) is 0 Å². The maximum absolute atomic E-state index is 12.0. The molecule has 3 N–H and O–H groups in total. The van der Waals surface area contributed by atoms with Crippen LogP contribution in [0.4, 0.5) is 0 Å². The van der Waals surface area contributed by atoms with Gasteiger partial charge in [-0.2, -0.15) is 0 Å². The van der Waals surface area contributed by atoms with Gasteiger partial charge in [-0.05, 0) is 47.9 Å². The highest BCUT2D eigenvalue weighted by Crippen LogP contribution is 2.26. The van der Waals surface area contributed by atoms with Crippen molar-refractivity contribution in [3.05, 3.63) is 59.9 Å². The molecule has 3 aromatic rings. The van der Waals surface area contributed by atoms with Crippen LogP contribution in [0.3, 0.4) is 0 Å². The van der Waals surface area contributed by atoms with Crippen molar-refractivity contribution in [1.29, 1.82) is 0 Å². The number of ether oxygens (including phenoxy) is 1. The van der Waals surface area contributed by atoms with Gasteiger partial charge in [0.1, 0.15) is 11.9 Å². The number of hydrogen-bond donors (Lipinski definition) is 3. The lowest BCUT2D eigenvalue weighted by molar-refractivity contribution is -0.141. The molecular formula is C25H30N6O3. The Balaban J connectivity index is 1.19. The van der Waals surface area contributed by atoms with E-state index in [4.69, 9.17) is 4.74 Å². The number of nitrogens with zero attached hydrogens (tertiary/aromatic N) is 4. The fourth-order valence-electron chi connectivity index (χ4n) is 4.48. The molecule has 0 radical (unpaired) electrons. The predicted molar refractivity (Wildman–Crippen MR) is 128 cm³/mol. The molecule has 9 heteroatoms. The molecule has 3 heterocycles. The Morgan fingerprint density at radius 3 is 2.56 bits per heavy atom. The van der Waals surface area contributed by atoms with E-state index in [9.17, 15) is 9.90 Å². The Morgan fingerprint density at radius 2 is 1.85 bits per heavy atom. The lowest BCUT2D eigenvalue weighted by Crippen LogP contribution is -2.50. The topological polar surface area (TPSA) is 103 Å². The number of hydrogen-bond acceptors (Lipinski definition) is 8. The molecule has 2 aliphatic heterocycles. The van der Waals surface area contributed by atoms with Gasteiger partial charge in [-0.3, -0.25) is 20.5 Å². The number of amides is 1.